The molecule has 5 nitrogen and oxygen atoms in total. The van der Waals surface area contributed by atoms with E-state index < -0.39 is 43.1 Å². The summed E-state index contributed by atoms with van der Waals surface area (Å²) in [5.41, 5.74) is 0.507. The lowest BCUT2D eigenvalue weighted by atomic mass is 9.64. The van der Waals surface area contributed by atoms with Crippen LogP contribution in [0.5, 0.6) is 0 Å². The van der Waals surface area contributed by atoms with Crippen molar-refractivity contribution in [2.75, 3.05) is 19.6 Å². The van der Waals surface area contributed by atoms with Crippen molar-refractivity contribution in [1.82, 2.24) is 10.2 Å². The molecule has 2 atom stereocenters. The number of halogens is 4. The highest BCUT2D eigenvalue weighted by Crippen LogP contribution is 2.43. The first-order chi connectivity index (χ1) is 12.6. The second-order valence-corrected chi connectivity index (χ2v) is 7.30. The van der Waals surface area contributed by atoms with Gasteiger partial charge in [0.25, 0.3) is 0 Å². The Hall–Kier alpha value is -2.32. The van der Waals surface area contributed by atoms with Gasteiger partial charge in [0, 0.05) is 25.0 Å². The van der Waals surface area contributed by atoms with E-state index in [1.54, 1.807) is 12.1 Å². The molecule has 2 amide bonds. The monoisotopic (exact) mass is 388 g/mol. The largest absolute Gasteiger partial charge is 0.481 e. The van der Waals surface area contributed by atoms with Crippen molar-refractivity contribution in [3.63, 3.8) is 0 Å². The van der Waals surface area contributed by atoms with Crippen molar-refractivity contribution in [1.29, 1.82) is 0 Å². The van der Waals surface area contributed by atoms with Crippen molar-refractivity contribution in [3.05, 3.63) is 35.6 Å². The quantitative estimate of drug-likeness (QED) is 0.779. The third kappa shape index (κ3) is 3.86. The van der Waals surface area contributed by atoms with Gasteiger partial charge in [-0.15, -0.1) is 0 Å². The minimum absolute atomic E-state index is 0.211. The first-order valence-electron chi connectivity index (χ1n) is 8.71. The van der Waals surface area contributed by atoms with Gasteiger partial charge in [0.1, 0.15) is 5.82 Å². The summed E-state index contributed by atoms with van der Waals surface area (Å²) in [6, 6.07) is 5.26. The third-order valence-electron chi connectivity index (χ3n) is 5.69. The lowest BCUT2D eigenvalue weighted by molar-refractivity contribution is -0.187. The summed E-state index contributed by atoms with van der Waals surface area (Å²) in [6.45, 7) is -0.937. The third-order valence-corrected chi connectivity index (χ3v) is 5.69. The summed E-state index contributed by atoms with van der Waals surface area (Å²) in [6.07, 6.45) is -2.18. The predicted octanol–water partition coefficient (Wildman–Crippen LogP) is 3.15. The van der Waals surface area contributed by atoms with E-state index in [1.165, 1.54) is 12.1 Å². The van der Waals surface area contributed by atoms with E-state index in [-0.39, 0.29) is 17.8 Å². The van der Waals surface area contributed by atoms with E-state index in [0.29, 0.717) is 0 Å². The molecule has 0 aromatic heterocycles. The molecule has 3 rings (SSSR count). The summed E-state index contributed by atoms with van der Waals surface area (Å²) in [7, 11) is 0. The second-order valence-electron chi connectivity index (χ2n) is 7.30. The lowest BCUT2D eigenvalue weighted by Crippen LogP contribution is -2.49. The van der Waals surface area contributed by atoms with Crippen LogP contribution in [0.3, 0.4) is 0 Å². The van der Waals surface area contributed by atoms with Crippen LogP contribution < -0.4 is 5.32 Å². The van der Waals surface area contributed by atoms with Crippen molar-refractivity contribution < 1.29 is 32.3 Å². The van der Waals surface area contributed by atoms with Crippen LogP contribution in [0.25, 0.3) is 0 Å². The van der Waals surface area contributed by atoms with E-state index in [4.69, 9.17) is 5.11 Å². The summed E-state index contributed by atoms with van der Waals surface area (Å²) in [4.78, 5) is 24.4. The van der Waals surface area contributed by atoms with Gasteiger partial charge in [0.05, 0.1) is 11.8 Å². The second kappa shape index (κ2) is 7.01. The number of alkyl halides is 3. The molecule has 1 saturated heterocycles. The lowest BCUT2D eigenvalue weighted by Gasteiger charge is -2.43. The molecule has 2 aliphatic rings. The van der Waals surface area contributed by atoms with Crippen molar-refractivity contribution in [2.45, 2.75) is 30.9 Å². The number of amides is 2. The Morgan fingerprint density at radius 1 is 1.19 bits per heavy atom. The fourth-order valence-electron chi connectivity index (χ4n) is 3.88. The fraction of sp³-hybridized carbons (Fsp3) is 0.556. The summed E-state index contributed by atoms with van der Waals surface area (Å²) in [5, 5.41) is 11.7. The maximum atomic E-state index is 13.1. The first kappa shape index (κ1) is 19.4. The average molecular weight is 388 g/mol. The molecule has 0 bridgehead atoms. The molecule has 1 aliphatic carbocycles. The van der Waals surface area contributed by atoms with Crippen molar-refractivity contribution in [3.8, 4) is 0 Å². The number of benzene rings is 1. The number of aliphatic carboxylic acids is 1. The molecule has 0 unspecified atom stereocenters. The zero-order valence-electron chi connectivity index (χ0n) is 14.4. The Morgan fingerprint density at radius 3 is 2.26 bits per heavy atom. The standard InChI is InChI=1S/C18H20F4N2O3/c19-12-4-2-11(3-5-12)17(6-1-7-17)10-23-16(27)24-8-13(15(25)26)14(9-24)18(20,21)22/h2-5,13-14H,1,6-10H2,(H,23,27)(H,25,26)/t13-,14-/m1/s1. The van der Waals surface area contributed by atoms with Crippen LogP contribution in [0, 0.1) is 17.7 Å². The number of carboxylic acids is 1. The fourth-order valence-corrected chi connectivity index (χ4v) is 3.88. The number of hydrogen-bond acceptors (Lipinski definition) is 2. The molecule has 27 heavy (non-hydrogen) atoms. The van der Waals surface area contributed by atoms with Crippen LogP contribution in [0.2, 0.25) is 0 Å². The van der Waals surface area contributed by atoms with Gasteiger partial charge in [0.15, 0.2) is 0 Å². The van der Waals surface area contributed by atoms with E-state index >= 15 is 0 Å². The van der Waals surface area contributed by atoms with Crippen LogP contribution in [-0.2, 0) is 10.2 Å². The summed E-state index contributed by atoms with van der Waals surface area (Å²) >= 11 is 0. The Balaban J connectivity index is 1.65. The molecule has 0 radical (unpaired) electrons. The van der Waals surface area contributed by atoms with E-state index in [2.05, 4.69) is 5.32 Å². The van der Waals surface area contributed by atoms with Crippen LogP contribution in [0.15, 0.2) is 24.3 Å². The normalized spacial score (nSPS) is 24.4. The number of nitrogens with one attached hydrogen (secondary N) is 1. The minimum atomic E-state index is -4.68. The average Bonchev–Trinajstić information content (AvgIpc) is 3.01. The van der Waals surface area contributed by atoms with E-state index in [1.807, 2.05) is 0 Å². The van der Waals surface area contributed by atoms with Gasteiger partial charge in [-0.1, -0.05) is 18.6 Å². The van der Waals surface area contributed by atoms with Crippen molar-refractivity contribution in [2.24, 2.45) is 11.8 Å². The van der Waals surface area contributed by atoms with E-state index in [9.17, 15) is 27.2 Å². The maximum absolute atomic E-state index is 13.1. The number of likely N-dealkylation sites (tertiary alicyclic amines) is 1. The number of hydrogen-bond donors (Lipinski definition) is 2. The number of nitrogens with zero attached hydrogens (tertiary/aromatic N) is 1. The zero-order valence-corrected chi connectivity index (χ0v) is 14.4. The minimum Gasteiger partial charge on any atom is -0.481 e. The van der Waals surface area contributed by atoms with Gasteiger partial charge in [0.2, 0.25) is 0 Å². The number of rotatable bonds is 4. The predicted molar refractivity (Wildman–Crippen MR) is 87.6 cm³/mol. The van der Waals surface area contributed by atoms with Gasteiger partial charge in [-0.05, 0) is 30.5 Å². The highest BCUT2D eigenvalue weighted by atomic mass is 19.4. The van der Waals surface area contributed by atoms with Crippen molar-refractivity contribution >= 4 is 12.0 Å². The Kier molecular flexibility index (Phi) is 5.05. The zero-order chi connectivity index (χ0) is 19.8. The number of urea groups is 1. The number of carbonyl (C=O) groups is 2. The van der Waals surface area contributed by atoms with Gasteiger partial charge in [-0.25, -0.2) is 9.18 Å². The smallest absolute Gasteiger partial charge is 0.394 e. The molecule has 2 fully saturated rings. The molecule has 1 aromatic carbocycles. The molecule has 9 heteroatoms. The first-order valence-corrected chi connectivity index (χ1v) is 8.71. The topological polar surface area (TPSA) is 69.6 Å². The summed E-state index contributed by atoms with van der Waals surface area (Å²) < 4.78 is 52.3. The SMILES string of the molecule is O=C(O)[C@@H]1CN(C(=O)NCC2(c3ccc(F)cc3)CCC2)C[C@H]1C(F)(F)F. The number of carboxylic acid groups (broad SMARTS) is 1. The van der Waals surface area contributed by atoms with E-state index in [0.717, 1.165) is 29.7 Å². The van der Waals surface area contributed by atoms with Crippen LogP contribution >= 0.6 is 0 Å². The molecule has 1 aromatic rings. The molecular weight excluding hydrogens is 368 g/mol. The molecule has 2 N–H and O–H groups in total. The van der Waals surface area contributed by atoms with Gasteiger partial charge >= 0.3 is 18.2 Å². The highest BCUT2D eigenvalue weighted by molar-refractivity contribution is 5.78. The Labute approximate surface area is 153 Å². The van der Waals surface area contributed by atoms with Gasteiger partial charge in [-0.2, -0.15) is 13.2 Å². The molecule has 1 saturated carbocycles. The Bertz CT molecular complexity index is 716. The molecule has 148 valence electrons. The molecule has 1 aliphatic heterocycles. The van der Waals surface area contributed by atoms with Crippen LogP contribution in [-0.4, -0.2) is 47.8 Å². The maximum Gasteiger partial charge on any atom is 0.394 e. The Morgan fingerprint density at radius 2 is 1.81 bits per heavy atom. The summed E-state index contributed by atoms with van der Waals surface area (Å²) in [5.74, 6) is -5.66. The number of carbonyl (C=O) groups excluding carboxylic acids is 1. The van der Waals surface area contributed by atoms with Crippen LogP contribution in [0.1, 0.15) is 24.8 Å². The molecular formula is C18H20F4N2O3. The molecule has 0 spiro atoms. The molecule has 1 heterocycles. The van der Waals surface area contributed by atoms with Gasteiger partial charge < -0.3 is 15.3 Å². The van der Waals surface area contributed by atoms with Gasteiger partial charge in [-0.3, -0.25) is 4.79 Å². The highest BCUT2D eigenvalue weighted by Gasteiger charge is 2.53. The van der Waals surface area contributed by atoms with Crippen LogP contribution in [0.4, 0.5) is 22.4 Å².